The first kappa shape index (κ1) is 13.1. The number of nitro benzene ring substituents is 1. The minimum Gasteiger partial charge on any atom is -0.469 e. The number of hydrogen-bond donors (Lipinski definition) is 0. The summed E-state index contributed by atoms with van der Waals surface area (Å²) in [6.45, 7) is 0. The molecule has 0 aliphatic rings. The third-order valence-electron chi connectivity index (χ3n) is 2.03. The quantitative estimate of drug-likeness (QED) is 0.483. The molecule has 0 heterocycles. The minimum atomic E-state index is -0.663. The predicted molar refractivity (Wildman–Crippen MR) is 61.2 cm³/mol. The molecule has 0 amide bonds. The topological polar surface area (TPSA) is 93.2 Å². The molecule has 0 unspecified atom stereocenters. The number of ether oxygens (including phenoxy) is 1. The molecule has 0 spiro atoms. The van der Waals surface area contributed by atoms with Gasteiger partial charge in [0.2, 0.25) is 0 Å². The van der Waals surface area contributed by atoms with Gasteiger partial charge in [-0.05, 0) is 11.6 Å². The van der Waals surface area contributed by atoms with Crippen molar-refractivity contribution in [2.45, 2.75) is 6.42 Å². The predicted octanol–water partition coefficient (Wildman–Crippen LogP) is 1.94. The lowest BCUT2D eigenvalue weighted by molar-refractivity contribution is -0.385. The number of nitriles is 1. The number of methoxy groups -OCH3 is 1. The summed E-state index contributed by atoms with van der Waals surface area (Å²) < 4.78 is 4.89. The van der Waals surface area contributed by atoms with Crippen molar-refractivity contribution >= 4 is 27.6 Å². The fourth-order valence-electron chi connectivity index (χ4n) is 1.29. The Balaban J connectivity index is 3.34. The molecule has 1 aromatic carbocycles. The van der Waals surface area contributed by atoms with Gasteiger partial charge in [0.25, 0.3) is 5.69 Å². The Hall–Kier alpha value is -1.94. The summed E-state index contributed by atoms with van der Waals surface area (Å²) in [5, 5.41) is 19.7. The van der Waals surface area contributed by atoms with Crippen LogP contribution in [0.15, 0.2) is 16.6 Å². The molecule has 0 saturated carbocycles. The van der Waals surface area contributed by atoms with Crippen molar-refractivity contribution in [1.82, 2.24) is 0 Å². The van der Waals surface area contributed by atoms with E-state index in [0.717, 1.165) is 0 Å². The van der Waals surface area contributed by atoms with E-state index < -0.39 is 10.9 Å². The maximum Gasteiger partial charge on any atom is 0.310 e. The Labute approximate surface area is 105 Å². The molecule has 7 heteroatoms. The van der Waals surface area contributed by atoms with Gasteiger partial charge < -0.3 is 4.74 Å². The molecule has 6 nitrogen and oxygen atoms in total. The minimum absolute atomic E-state index is 0.122. The third-order valence-corrected chi connectivity index (χ3v) is 2.49. The first-order valence-electron chi connectivity index (χ1n) is 4.43. The maximum atomic E-state index is 11.1. The number of nitro groups is 1. The number of esters is 1. The molecule has 17 heavy (non-hydrogen) atoms. The Morgan fingerprint density at radius 3 is 2.76 bits per heavy atom. The highest BCUT2D eigenvalue weighted by molar-refractivity contribution is 9.10. The van der Waals surface area contributed by atoms with Crippen LogP contribution >= 0.6 is 15.9 Å². The molecule has 1 aromatic rings. The van der Waals surface area contributed by atoms with E-state index >= 15 is 0 Å². The largest absolute Gasteiger partial charge is 0.469 e. The van der Waals surface area contributed by atoms with Gasteiger partial charge >= 0.3 is 5.97 Å². The van der Waals surface area contributed by atoms with Gasteiger partial charge in [-0.1, -0.05) is 15.9 Å². The van der Waals surface area contributed by atoms with Gasteiger partial charge in [-0.15, -0.1) is 0 Å². The van der Waals surface area contributed by atoms with Crippen molar-refractivity contribution in [3.63, 3.8) is 0 Å². The lowest BCUT2D eigenvalue weighted by Crippen LogP contribution is -2.07. The van der Waals surface area contributed by atoms with Gasteiger partial charge in [0.1, 0.15) is 11.6 Å². The van der Waals surface area contributed by atoms with E-state index in [1.807, 2.05) is 0 Å². The second kappa shape index (κ2) is 5.41. The highest BCUT2D eigenvalue weighted by Crippen LogP contribution is 2.27. The van der Waals surface area contributed by atoms with Crippen LogP contribution in [0.2, 0.25) is 0 Å². The first-order chi connectivity index (χ1) is 7.99. The fraction of sp³-hybridized carbons (Fsp3) is 0.200. The molecule has 1 rings (SSSR count). The number of hydrogen-bond acceptors (Lipinski definition) is 5. The number of halogens is 1. The van der Waals surface area contributed by atoms with Crippen molar-refractivity contribution in [3.05, 3.63) is 37.8 Å². The van der Waals surface area contributed by atoms with Gasteiger partial charge in [0, 0.05) is 10.5 Å². The zero-order valence-corrected chi connectivity index (χ0v) is 10.4. The van der Waals surface area contributed by atoms with E-state index in [9.17, 15) is 14.9 Å². The molecule has 0 fully saturated rings. The Morgan fingerprint density at radius 1 is 1.65 bits per heavy atom. The molecule has 0 saturated heterocycles. The Kier molecular flexibility index (Phi) is 4.17. The van der Waals surface area contributed by atoms with Crippen molar-refractivity contribution in [2.24, 2.45) is 0 Å². The monoisotopic (exact) mass is 298 g/mol. The van der Waals surface area contributed by atoms with Crippen molar-refractivity contribution in [3.8, 4) is 6.07 Å². The van der Waals surface area contributed by atoms with E-state index in [1.165, 1.54) is 19.2 Å². The number of carbonyl (C=O) groups is 1. The lowest BCUT2D eigenvalue weighted by atomic mass is 10.0. The normalized spacial score (nSPS) is 9.47. The first-order valence-corrected chi connectivity index (χ1v) is 5.22. The molecular formula is C10H7BrN2O4. The molecule has 0 aliphatic heterocycles. The van der Waals surface area contributed by atoms with Crippen LogP contribution in [0.3, 0.4) is 0 Å². The smallest absolute Gasteiger partial charge is 0.310 e. The fourth-order valence-corrected chi connectivity index (χ4v) is 1.78. The highest BCUT2D eigenvalue weighted by atomic mass is 79.9. The van der Waals surface area contributed by atoms with Gasteiger partial charge in [0.15, 0.2) is 0 Å². The molecule has 0 atom stereocenters. The van der Waals surface area contributed by atoms with E-state index in [1.54, 1.807) is 6.07 Å². The van der Waals surface area contributed by atoms with Crippen LogP contribution in [0.25, 0.3) is 0 Å². The molecule has 0 aliphatic carbocycles. The van der Waals surface area contributed by atoms with Crippen LogP contribution in [0, 0.1) is 21.4 Å². The zero-order valence-electron chi connectivity index (χ0n) is 8.77. The summed E-state index contributed by atoms with van der Waals surface area (Å²) in [5.74, 6) is -0.561. The van der Waals surface area contributed by atoms with Crippen molar-refractivity contribution < 1.29 is 14.5 Å². The molecule has 88 valence electrons. The van der Waals surface area contributed by atoms with Gasteiger partial charge in [-0.3, -0.25) is 14.9 Å². The second-order valence-electron chi connectivity index (χ2n) is 3.08. The average Bonchev–Trinajstić information content (AvgIpc) is 2.28. The number of benzene rings is 1. The summed E-state index contributed by atoms with van der Waals surface area (Å²) in [6, 6.07) is 4.44. The molecule has 0 bridgehead atoms. The molecular weight excluding hydrogens is 292 g/mol. The zero-order chi connectivity index (χ0) is 13.0. The van der Waals surface area contributed by atoms with Crippen LogP contribution < -0.4 is 0 Å². The van der Waals surface area contributed by atoms with Crippen LogP contribution in [-0.4, -0.2) is 18.0 Å². The summed E-state index contributed by atoms with van der Waals surface area (Å²) in [7, 11) is 1.21. The van der Waals surface area contributed by atoms with Crippen LogP contribution in [0.5, 0.6) is 0 Å². The van der Waals surface area contributed by atoms with Crippen LogP contribution in [0.4, 0.5) is 5.69 Å². The molecule has 0 aromatic heterocycles. The summed E-state index contributed by atoms with van der Waals surface area (Å²) in [4.78, 5) is 21.2. The SMILES string of the molecule is COC(=O)Cc1cc(Br)cc([N+](=O)[O-])c1C#N. The Bertz CT molecular complexity index is 522. The number of rotatable bonds is 3. The number of nitrogens with zero attached hydrogens (tertiary/aromatic N) is 2. The second-order valence-corrected chi connectivity index (χ2v) is 4.00. The Morgan fingerprint density at radius 2 is 2.29 bits per heavy atom. The highest BCUT2D eigenvalue weighted by Gasteiger charge is 2.20. The average molecular weight is 299 g/mol. The van der Waals surface area contributed by atoms with E-state index in [0.29, 0.717) is 4.47 Å². The van der Waals surface area contributed by atoms with Gasteiger partial charge in [-0.25, -0.2) is 0 Å². The third kappa shape index (κ3) is 3.01. The van der Waals surface area contributed by atoms with E-state index in [2.05, 4.69) is 20.7 Å². The van der Waals surface area contributed by atoms with Gasteiger partial charge in [-0.2, -0.15) is 5.26 Å². The van der Waals surface area contributed by atoms with Crippen LogP contribution in [0.1, 0.15) is 11.1 Å². The van der Waals surface area contributed by atoms with Crippen molar-refractivity contribution in [1.29, 1.82) is 5.26 Å². The summed E-state index contributed by atoms with van der Waals surface area (Å²) >= 11 is 3.09. The summed E-state index contributed by atoms with van der Waals surface area (Å²) in [6.07, 6.45) is -0.181. The standard InChI is InChI=1S/C10H7BrN2O4/c1-17-10(14)3-6-2-7(11)4-9(13(15)16)8(6)5-12/h2,4H,3H2,1H3. The van der Waals surface area contributed by atoms with Gasteiger partial charge in [0.05, 0.1) is 18.5 Å². The number of carbonyl (C=O) groups excluding carboxylic acids is 1. The summed E-state index contributed by atoms with van der Waals surface area (Å²) in [5.41, 5.74) is -0.190. The maximum absolute atomic E-state index is 11.1. The molecule has 0 radical (unpaired) electrons. The van der Waals surface area contributed by atoms with Crippen molar-refractivity contribution in [2.75, 3.05) is 7.11 Å². The lowest BCUT2D eigenvalue weighted by Gasteiger charge is -2.04. The van der Waals surface area contributed by atoms with E-state index in [-0.39, 0.29) is 23.2 Å². The van der Waals surface area contributed by atoms with Crippen LogP contribution in [-0.2, 0) is 16.0 Å². The molecule has 0 N–H and O–H groups in total. The van der Waals surface area contributed by atoms with E-state index in [4.69, 9.17) is 5.26 Å².